The molecule has 1 amide bonds. The van der Waals surface area contributed by atoms with Crippen LogP contribution in [0.5, 0.6) is 0 Å². The molecule has 0 bridgehead atoms. The minimum atomic E-state index is -1.64. The van der Waals surface area contributed by atoms with E-state index in [0.29, 0.717) is 0 Å². The third-order valence-electron chi connectivity index (χ3n) is 1.36. The standard InChI is InChI=1S/C8H11NO5.Na/c1-4(2)7(12)9-5(8(13)14)3-6(10)11;/h5H,1,3H2,2H3,(H,9,12)(H,10,11)(H,13,14);/q;+1/p-1/t5-;/m0./s1. The molecular formula is C8H10NNaO5. The molecule has 15 heavy (non-hydrogen) atoms. The first kappa shape index (κ1) is 16.6. The fourth-order valence-electron chi connectivity index (χ4n) is 0.649. The van der Waals surface area contributed by atoms with Gasteiger partial charge in [0.25, 0.3) is 0 Å². The fourth-order valence-corrected chi connectivity index (χ4v) is 0.649. The summed E-state index contributed by atoms with van der Waals surface area (Å²) in [7, 11) is 0. The molecule has 0 aliphatic rings. The van der Waals surface area contributed by atoms with E-state index in [1.165, 1.54) is 6.92 Å². The Balaban J connectivity index is 0. The SMILES string of the molecule is C=C(C)C(=O)N[C@@H](CC(=O)O)C(=O)[O-].[Na+]. The van der Waals surface area contributed by atoms with Crippen molar-refractivity contribution < 1.29 is 54.2 Å². The zero-order chi connectivity index (χ0) is 11.3. The average Bonchev–Trinajstić information content (AvgIpc) is 2.01. The van der Waals surface area contributed by atoms with Gasteiger partial charge < -0.3 is 20.3 Å². The molecule has 0 saturated heterocycles. The molecule has 2 N–H and O–H groups in total. The van der Waals surface area contributed by atoms with Gasteiger partial charge in [0.1, 0.15) is 0 Å². The van der Waals surface area contributed by atoms with Crippen molar-refractivity contribution in [1.29, 1.82) is 0 Å². The van der Waals surface area contributed by atoms with Gasteiger partial charge in [-0.05, 0) is 6.92 Å². The van der Waals surface area contributed by atoms with Gasteiger partial charge in [-0.15, -0.1) is 0 Å². The largest absolute Gasteiger partial charge is 1.00 e. The molecule has 0 heterocycles. The Bertz CT molecular complexity index is 289. The van der Waals surface area contributed by atoms with Crippen LogP contribution in [0.3, 0.4) is 0 Å². The van der Waals surface area contributed by atoms with Gasteiger partial charge >= 0.3 is 35.5 Å². The van der Waals surface area contributed by atoms with E-state index in [2.05, 4.69) is 6.58 Å². The Kier molecular flexibility index (Phi) is 8.22. The third-order valence-corrected chi connectivity index (χ3v) is 1.36. The topological polar surface area (TPSA) is 107 Å². The first-order valence-electron chi connectivity index (χ1n) is 3.73. The summed E-state index contributed by atoms with van der Waals surface area (Å²) in [6.07, 6.45) is -0.721. The minimum Gasteiger partial charge on any atom is -0.548 e. The van der Waals surface area contributed by atoms with Gasteiger partial charge in [-0.1, -0.05) is 6.58 Å². The van der Waals surface area contributed by atoms with E-state index in [9.17, 15) is 19.5 Å². The molecule has 0 saturated carbocycles. The van der Waals surface area contributed by atoms with Crippen LogP contribution in [0.2, 0.25) is 0 Å². The van der Waals surface area contributed by atoms with Crippen LogP contribution in [0, 0.1) is 0 Å². The summed E-state index contributed by atoms with van der Waals surface area (Å²) in [5.74, 6) is -3.68. The van der Waals surface area contributed by atoms with E-state index in [4.69, 9.17) is 5.11 Å². The van der Waals surface area contributed by atoms with Crippen molar-refractivity contribution >= 4 is 17.8 Å². The Hall–Kier alpha value is -0.850. The summed E-state index contributed by atoms with van der Waals surface area (Å²) in [6.45, 7) is 4.65. The number of nitrogens with one attached hydrogen (secondary N) is 1. The summed E-state index contributed by atoms with van der Waals surface area (Å²) in [6, 6.07) is -1.53. The Morgan fingerprint density at radius 3 is 2.20 bits per heavy atom. The number of carboxylic acids is 2. The number of hydrogen-bond donors (Lipinski definition) is 2. The van der Waals surface area contributed by atoms with Crippen molar-refractivity contribution in [2.75, 3.05) is 0 Å². The van der Waals surface area contributed by atoms with Crippen LogP contribution in [-0.4, -0.2) is 29.0 Å². The Morgan fingerprint density at radius 1 is 1.47 bits per heavy atom. The van der Waals surface area contributed by atoms with Gasteiger partial charge in [-0.2, -0.15) is 0 Å². The van der Waals surface area contributed by atoms with Gasteiger partial charge in [0.15, 0.2) is 0 Å². The van der Waals surface area contributed by atoms with Crippen LogP contribution < -0.4 is 40.0 Å². The van der Waals surface area contributed by atoms with Crippen LogP contribution in [0.4, 0.5) is 0 Å². The number of carboxylic acid groups (broad SMARTS) is 2. The number of aliphatic carboxylic acids is 2. The van der Waals surface area contributed by atoms with E-state index in [-0.39, 0.29) is 35.1 Å². The van der Waals surface area contributed by atoms with E-state index < -0.39 is 30.3 Å². The molecule has 0 rings (SSSR count). The van der Waals surface area contributed by atoms with Gasteiger partial charge in [0.2, 0.25) is 5.91 Å². The van der Waals surface area contributed by atoms with E-state index >= 15 is 0 Å². The average molecular weight is 223 g/mol. The number of amides is 1. The second-order valence-corrected chi connectivity index (χ2v) is 2.72. The van der Waals surface area contributed by atoms with Crippen LogP contribution in [0.25, 0.3) is 0 Å². The fraction of sp³-hybridized carbons (Fsp3) is 0.375. The summed E-state index contributed by atoms with van der Waals surface area (Å²) in [5.41, 5.74) is 0.0987. The van der Waals surface area contributed by atoms with Gasteiger partial charge in [0.05, 0.1) is 18.4 Å². The normalized spacial score (nSPS) is 10.7. The smallest absolute Gasteiger partial charge is 0.548 e. The third kappa shape index (κ3) is 7.12. The molecule has 1 atom stereocenters. The molecule has 0 aromatic carbocycles. The second kappa shape index (κ2) is 7.44. The summed E-state index contributed by atoms with van der Waals surface area (Å²) < 4.78 is 0. The maximum Gasteiger partial charge on any atom is 1.00 e. The van der Waals surface area contributed by atoms with Gasteiger partial charge in [-0.25, -0.2) is 0 Å². The zero-order valence-corrected chi connectivity index (χ0v) is 10.6. The van der Waals surface area contributed by atoms with Crippen molar-refractivity contribution in [2.24, 2.45) is 0 Å². The zero-order valence-electron chi connectivity index (χ0n) is 8.57. The van der Waals surface area contributed by atoms with E-state index in [0.717, 1.165) is 0 Å². The predicted octanol–water partition coefficient (Wildman–Crippen LogP) is -4.72. The molecule has 78 valence electrons. The molecule has 0 spiro atoms. The number of hydrogen-bond acceptors (Lipinski definition) is 4. The molecule has 6 nitrogen and oxygen atoms in total. The van der Waals surface area contributed by atoms with Crippen molar-refractivity contribution in [3.63, 3.8) is 0 Å². The molecular weight excluding hydrogens is 213 g/mol. The van der Waals surface area contributed by atoms with E-state index in [1.54, 1.807) is 0 Å². The summed E-state index contributed by atoms with van der Waals surface area (Å²) in [5, 5.41) is 20.7. The first-order chi connectivity index (χ1) is 6.34. The van der Waals surface area contributed by atoms with Crippen LogP contribution >= 0.6 is 0 Å². The Labute approximate surface area is 109 Å². The molecule has 7 heteroatoms. The monoisotopic (exact) mass is 223 g/mol. The van der Waals surface area contributed by atoms with Crippen molar-refractivity contribution in [2.45, 2.75) is 19.4 Å². The van der Waals surface area contributed by atoms with Crippen LogP contribution in [-0.2, 0) is 14.4 Å². The molecule has 0 aromatic heterocycles. The first-order valence-corrected chi connectivity index (χ1v) is 3.73. The number of carbonyl (C=O) groups is 3. The molecule has 0 fully saturated rings. The van der Waals surface area contributed by atoms with Gasteiger partial charge in [-0.3, -0.25) is 9.59 Å². The molecule has 0 aromatic rings. The minimum absolute atomic E-state index is 0. The molecule has 0 aliphatic heterocycles. The van der Waals surface area contributed by atoms with Crippen LogP contribution in [0.15, 0.2) is 12.2 Å². The molecule has 0 radical (unpaired) electrons. The van der Waals surface area contributed by atoms with Crippen molar-refractivity contribution in [3.05, 3.63) is 12.2 Å². The maximum absolute atomic E-state index is 10.9. The van der Waals surface area contributed by atoms with Crippen molar-refractivity contribution in [1.82, 2.24) is 5.32 Å². The number of carbonyl (C=O) groups excluding carboxylic acids is 2. The molecule has 0 unspecified atom stereocenters. The summed E-state index contributed by atoms with van der Waals surface area (Å²) >= 11 is 0. The Morgan fingerprint density at radius 2 is 1.93 bits per heavy atom. The second-order valence-electron chi connectivity index (χ2n) is 2.72. The van der Waals surface area contributed by atoms with Crippen molar-refractivity contribution in [3.8, 4) is 0 Å². The predicted molar refractivity (Wildman–Crippen MR) is 44.0 cm³/mol. The van der Waals surface area contributed by atoms with E-state index in [1.807, 2.05) is 5.32 Å². The van der Waals surface area contributed by atoms with Crippen LogP contribution in [0.1, 0.15) is 13.3 Å². The quantitative estimate of drug-likeness (QED) is 0.359. The summed E-state index contributed by atoms with van der Waals surface area (Å²) in [4.78, 5) is 31.5. The number of rotatable bonds is 5. The van der Waals surface area contributed by atoms with Gasteiger partial charge in [0, 0.05) is 5.57 Å². The molecule has 0 aliphatic carbocycles. The maximum atomic E-state index is 10.9.